The summed E-state index contributed by atoms with van der Waals surface area (Å²) in [6.45, 7) is 8.29. The maximum absolute atomic E-state index is 13.1. The monoisotopic (exact) mass is 366 g/mol. The van der Waals surface area contributed by atoms with Gasteiger partial charge in [0, 0.05) is 58.5 Å². The van der Waals surface area contributed by atoms with Crippen LogP contribution < -0.4 is 5.32 Å². The number of likely N-dealkylation sites (tertiary alicyclic amines) is 1. The van der Waals surface area contributed by atoms with Crippen LogP contribution in [-0.4, -0.2) is 91.2 Å². The third-order valence-corrected chi connectivity index (χ3v) is 5.93. The molecule has 3 heterocycles. The molecule has 3 fully saturated rings. The number of urea groups is 1. The first-order chi connectivity index (χ1) is 12.7. The fraction of sp³-hybridized carbons (Fsp3) is 0.895. The summed E-state index contributed by atoms with van der Waals surface area (Å²) in [5, 5.41) is 2.99. The van der Waals surface area contributed by atoms with Gasteiger partial charge in [-0.2, -0.15) is 0 Å². The molecule has 3 saturated heterocycles. The third kappa shape index (κ3) is 4.68. The Hall–Kier alpha value is -1.34. The highest BCUT2D eigenvalue weighted by Crippen LogP contribution is 2.24. The number of carbonyl (C=O) groups excluding carboxylic acids is 2. The molecule has 1 N–H and O–H groups in total. The summed E-state index contributed by atoms with van der Waals surface area (Å²) in [5.74, 6) is 0.295. The van der Waals surface area contributed by atoms with Crippen molar-refractivity contribution in [1.82, 2.24) is 20.0 Å². The normalized spacial score (nSPS) is 26.2. The highest BCUT2D eigenvalue weighted by molar-refractivity contribution is 5.83. The van der Waals surface area contributed by atoms with Crippen LogP contribution in [0.2, 0.25) is 0 Å². The van der Waals surface area contributed by atoms with Gasteiger partial charge in [-0.1, -0.05) is 13.3 Å². The summed E-state index contributed by atoms with van der Waals surface area (Å²) in [6, 6.07) is 0.387. The maximum Gasteiger partial charge on any atom is 0.317 e. The lowest BCUT2D eigenvalue weighted by Crippen LogP contribution is -2.60. The van der Waals surface area contributed by atoms with E-state index >= 15 is 0 Å². The molecule has 0 saturated carbocycles. The molecule has 3 rings (SSSR count). The van der Waals surface area contributed by atoms with Crippen molar-refractivity contribution in [3.63, 3.8) is 0 Å². The second-order valence-electron chi connectivity index (χ2n) is 7.64. The Morgan fingerprint density at radius 1 is 1.12 bits per heavy atom. The van der Waals surface area contributed by atoms with Crippen molar-refractivity contribution in [2.75, 3.05) is 52.5 Å². The molecule has 0 spiro atoms. The SMILES string of the molecule is CCCCNC(=O)N1CCN([C@H]2CCCN(C3CCOCC3)C2=O)CC1. The lowest BCUT2D eigenvalue weighted by Gasteiger charge is -2.45. The minimum atomic E-state index is -0.00287. The van der Waals surface area contributed by atoms with E-state index in [1.807, 2.05) is 4.90 Å². The van der Waals surface area contributed by atoms with Crippen molar-refractivity contribution in [1.29, 1.82) is 0 Å². The second kappa shape index (κ2) is 9.55. The minimum absolute atomic E-state index is 0.00287. The van der Waals surface area contributed by atoms with Gasteiger partial charge in [-0.3, -0.25) is 9.69 Å². The molecule has 0 aromatic carbocycles. The van der Waals surface area contributed by atoms with Gasteiger partial charge < -0.3 is 19.9 Å². The topological polar surface area (TPSA) is 65.1 Å². The Morgan fingerprint density at radius 2 is 1.85 bits per heavy atom. The number of nitrogens with zero attached hydrogens (tertiary/aromatic N) is 3. The Morgan fingerprint density at radius 3 is 2.54 bits per heavy atom. The first-order valence-corrected chi connectivity index (χ1v) is 10.4. The number of amides is 3. The summed E-state index contributed by atoms with van der Waals surface area (Å²) < 4.78 is 5.45. The molecule has 0 radical (unpaired) electrons. The van der Waals surface area contributed by atoms with E-state index < -0.39 is 0 Å². The van der Waals surface area contributed by atoms with Gasteiger partial charge in [0.2, 0.25) is 5.91 Å². The van der Waals surface area contributed by atoms with Crippen LogP contribution in [-0.2, 0) is 9.53 Å². The smallest absolute Gasteiger partial charge is 0.317 e. The van der Waals surface area contributed by atoms with Crippen LogP contribution in [0.4, 0.5) is 4.79 Å². The van der Waals surface area contributed by atoms with Gasteiger partial charge in [-0.05, 0) is 32.1 Å². The molecule has 3 aliphatic heterocycles. The number of piperidine rings is 1. The summed E-state index contributed by atoms with van der Waals surface area (Å²) in [5.41, 5.74) is 0. The largest absolute Gasteiger partial charge is 0.381 e. The summed E-state index contributed by atoms with van der Waals surface area (Å²) in [7, 11) is 0. The van der Waals surface area contributed by atoms with E-state index in [1.165, 1.54) is 0 Å². The van der Waals surface area contributed by atoms with E-state index in [9.17, 15) is 9.59 Å². The molecule has 148 valence electrons. The van der Waals surface area contributed by atoms with E-state index in [-0.39, 0.29) is 12.1 Å². The molecule has 0 unspecified atom stereocenters. The predicted molar refractivity (Wildman–Crippen MR) is 100 cm³/mol. The quantitative estimate of drug-likeness (QED) is 0.745. The van der Waals surface area contributed by atoms with Crippen molar-refractivity contribution >= 4 is 11.9 Å². The highest BCUT2D eigenvalue weighted by Gasteiger charge is 2.38. The molecular formula is C19H34N4O3. The molecule has 0 bridgehead atoms. The van der Waals surface area contributed by atoms with Gasteiger partial charge in [0.25, 0.3) is 0 Å². The van der Waals surface area contributed by atoms with Crippen molar-refractivity contribution in [2.45, 2.75) is 57.5 Å². The van der Waals surface area contributed by atoms with Crippen LogP contribution in [0.25, 0.3) is 0 Å². The molecule has 26 heavy (non-hydrogen) atoms. The number of ether oxygens (including phenoxy) is 1. The Balaban J connectivity index is 1.48. The average molecular weight is 367 g/mol. The molecule has 3 aliphatic rings. The van der Waals surface area contributed by atoms with Crippen molar-refractivity contribution in [3.8, 4) is 0 Å². The number of unbranched alkanes of at least 4 members (excludes halogenated alkanes) is 1. The minimum Gasteiger partial charge on any atom is -0.381 e. The first kappa shape index (κ1) is 19.4. The van der Waals surface area contributed by atoms with Crippen LogP contribution in [0.15, 0.2) is 0 Å². The van der Waals surface area contributed by atoms with Crippen LogP contribution in [0.5, 0.6) is 0 Å². The lowest BCUT2D eigenvalue weighted by molar-refractivity contribution is -0.145. The molecule has 3 amide bonds. The fourth-order valence-corrected chi connectivity index (χ4v) is 4.30. The number of nitrogens with one attached hydrogen (secondary N) is 1. The number of hydrogen-bond acceptors (Lipinski definition) is 4. The predicted octanol–water partition coefficient (Wildman–Crippen LogP) is 1.28. The van der Waals surface area contributed by atoms with E-state index in [4.69, 9.17) is 4.74 Å². The Labute approximate surface area is 157 Å². The molecule has 0 aromatic rings. The van der Waals surface area contributed by atoms with E-state index in [0.29, 0.717) is 25.0 Å². The molecule has 1 atom stereocenters. The Bertz CT molecular complexity index is 473. The van der Waals surface area contributed by atoms with Crippen LogP contribution in [0.1, 0.15) is 45.4 Å². The maximum atomic E-state index is 13.1. The highest BCUT2D eigenvalue weighted by atomic mass is 16.5. The molecule has 0 aromatic heterocycles. The van der Waals surface area contributed by atoms with Gasteiger partial charge in [-0.15, -0.1) is 0 Å². The van der Waals surface area contributed by atoms with Crippen molar-refractivity contribution in [2.24, 2.45) is 0 Å². The van der Waals surface area contributed by atoms with Gasteiger partial charge in [0.1, 0.15) is 0 Å². The molecule has 0 aliphatic carbocycles. The second-order valence-corrected chi connectivity index (χ2v) is 7.64. The summed E-state index contributed by atoms with van der Waals surface area (Å²) in [6.07, 6.45) is 6.05. The molecule has 7 heteroatoms. The van der Waals surface area contributed by atoms with E-state index in [2.05, 4.69) is 22.0 Å². The zero-order valence-electron chi connectivity index (χ0n) is 16.1. The Kier molecular flexibility index (Phi) is 7.14. The van der Waals surface area contributed by atoms with Crippen molar-refractivity contribution < 1.29 is 14.3 Å². The number of piperazine rings is 1. The van der Waals surface area contributed by atoms with E-state index in [1.54, 1.807) is 0 Å². The van der Waals surface area contributed by atoms with Gasteiger partial charge in [0.15, 0.2) is 0 Å². The lowest BCUT2D eigenvalue weighted by atomic mass is 9.97. The molecule has 7 nitrogen and oxygen atoms in total. The third-order valence-electron chi connectivity index (χ3n) is 5.93. The van der Waals surface area contributed by atoms with Gasteiger partial charge >= 0.3 is 6.03 Å². The van der Waals surface area contributed by atoms with Crippen LogP contribution in [0, 0.1) is 0 Å². The first-order valence-electron chi connectivity index (χ1n) is 10.4. The zero-order valence-corrected chi connectivity index (χ0v) is 16.1. The summed E-state index contributed by atoms with van der Waals surface area (Å²) >= 11 is 0. The van der Waals surface area contributed by atoms with Crippen LogP contribution in [0.3, 0.4) is 0 Å². The van der Waals surface area contributed by atoms with Gasteiger partial charge in [-0.25, -0.2) is 4.79 Å². The zero-order chi connectivity index (χ0) is 18.4. The van der Waals surface area contributed by atoms with Gasteiger partial charge in [0.05, 0.1) is 6.04 Å². The fourth-order valence-electron chi connectivity index (χ4n) is 4.30. The average Bonchev–Trinajstić information content (AvgIpc) is 2.69. The number of hydrogen-bond donors (Lipinski definition) is 1. The summed E-state index contributed by atoms with van der Waals surface area (Å²) in [4.78, 5) is 31.5. The van der Waals surface area contributed by atoms with Crippen LogP contribution >= 0.6 is 0 Å². The van der Waals surface area contributed by atoms with E-state index in [0.717, 1.165) is 77.9 Å². The molecular weight excluding hydrogens is 332 g/mol. The van der Waals surface area contributed by atoms with Crippen molar-refractivity contribution in [3.05, 3.63) is 0 Å². The number of rotatable bonds is 5. The standard InChI is InChI=1S/C19H34N4O3/c1-2-3-8-20-19(25)22-12-10-21(11-13-22)17-5-4-9-23(18(17)24)16-6-14-26-15-7-16/h16-17H,2-15H2,1H3,(H,20,25)/t17-/m0/s1. The number of carbonyl (C=O) groups is 2.